The van der Waals surface area contributed by atoms with Gasteiger partial charge in [0.05, 0.1) is 11.6 Å². The average Bonchev–Trinajstić information content (AvgIpc) is 2.66. The smallest absolute Gasteiger partial charge is 0.303 e. The normalized spacial score (nSPS) is 9.96. The van der Waals surface area contributed by atoms with Gasteiger partial charge in [-0.3, -0.25) is 9.59 Å². The summed E-state index contributed by atoms with van der Waals surface area (Å²) in [4.78, 5) is 24.8. The van der Waals surface area contributed by atoms with E-state index in [0.29, 0.717) is 30.8 Å². The molecule has 0 atom stereocenters. The van der Waals surface area contributed by atoms with Crippen LogP contribution in [-0.2, 0) is 16.1 Å². The molecular weight excluding hydrogens is 332 g/mol. The van der Waals surface area contributed by atoms with Crippen molar-refractivity contribution in [3.63, 3.8) is 0 Å². The van der Waals surface area contributed by atoms with Gasteiger partial charge in [-0.1, -0.05) is 30.3 Å². The summed E-state index contributed by atoms with van der Waals surface area (Å²) in [5, 5.41) is 17.6. The molecule has 2 aromatic carbocycles. The lowest BCUT2D eigenvalue weighted by Crippen LogP contribution is -2.35. The van der Waals surface area contributed by atoms with E-state index in [-0.39, 0.29) is 18.9 Å². The second-order valence-electron chi connectivity index (χ2n) is 5.72. The molecule has 0 radical (unpaired) electrons. The fourth-order valence-electron chi connectivity index (χ4n) is 2.38. The van der Waals surface area contributed by atoms with Gasteiger partial charge in [0.25, 0.3) is 5.91 Å². The largest absolute Gasteiger partial charge is 0.484 e. The molecule has 0 aromatic heterocycles. The average molecular weight is 352 g/mol. The summed E-state index contributed by atoms with van der Waals surface area (Å²) in [6.07, 6.45) is 0.389. The first kappa shape index (κ1) is 19.0. The molecule has 0 heterocycles. The number of amides is 1. The second-order valence-corrected chi connectivity index (χ2v) is 5.72. The number of hydrogen-bond acceptors (Lipinski definition) is 4. The highest BCUT2D eigenvalue weighted by Crippen LogP contribution is 2.12. The topological polar surface area (TPSA) is 90.6 Å². The van der Waals surface area contributed by atoms with Gasteiger partial charge in [0, 0.05) is 19.5 Å². The third kappa shape index (κ3) is 6.29. The minimum Gasteiger partial charge on any atom is -0.484 e. The molecule has 0 bridgehead atoms. The van der Waals surface area contributed by atoms with Crippen LogP contribution in [-0.4, -0.2) is 35.0 Å². The Balaban J connectivity index is 1.96. The number of nitrogens with zero attached hydrogens (tertiary/aromatic N) is 2. The summed E-state index contributed by atoms with van der Waals surface area (Å²) in [6.45, 7) is 0.596. The van der Waals surface area contributed by atoms with E-state index in [9.17, 15) is 9.59 Å². The van der Waals surface area contributed by atoms with Crippen LogP contribution in [0.15, 0.2) is 54.6 Å². The number of ether oxygens (including phenoxy) is 1. The third-order valence-corrected chi connectivity index (χ3v) is 3.73. The van der Waals surface area contributed by atoms with Gasteiger partial charge < -0.3 is 14.7 Å². The van der Waals surface area contributed by atoms with Crippen LogP contribution in [0.2, 0.25) is 0 Å². The highest BCUT2D eigenvalue weighted by molar-refractivity contribution is 5.78. The lowest BCUT2D eigenvalue weighted by molar-refractivity contribution is -0.138. The summed E-state index contributed by atoms with van der Waals surface area (Å²) in [5.74, 6) is -0.600. The van der Waals surface area contributed by atoms with Gasteiger partial charge in [-0.25, -0.2) is 0 Å². The Bertz CT molecular complexity index is 767. The molecule has 1 amide bonds. The van der Waals surface area contributed by atoms with E-state index < -0.39 is 5.97 Å². The van der Waals surface area contributed by atoms with Crippen molar-refractivity contribution in [2.45, 2.75) is 19.4 Å². The Hall–Kier alpha value is -3.33. The maximum Gasteiger partial charge on any atom is 0.303 e. The van der Waals surface area contributed by atoms with Gasteiger partial charge in [-0.2, -0.15) is 5.26 Å². The van der Waals surface area contributed by atoms with E-state index in [1.165, 1.54) is 0 Å². The van der Waals surface area contributed by atoms with Crippen molar-refractivity contribution in [2.24, 2.45) is 0 Å². The zero-order chi connectivity index (χ0) is 18.8. The predicted molar refractivity (Wildman–Crippen MR) is 95.4 cm³/mol. The molecule has 0 spiro atoms. The lowest BCUT2D eigenvalue weighted by Gasteiger charge is -2.23. The van der Waals surface area contributed by atoms with E-state index >= 15 is 0 Å². The molecule has 2 aromatic rings. The van der Waals surface area contributed by atoms with Gasteiger partial charge in [0.15, 0.2) is 6.61 Å². The standard InChI is InChI=1S/C20H20N2O4/c21-13-16-8-10-18(11-9-16)26-15-19(23)22(12-4-7-20(24)25)14-17-5-2-1-3-6-17/h1-3,5-6,8-11H,4,7,12,14-15H2,(H,24,25). The van der Waals surface area contributed by atoms with Crippen molar-refractivity contribution in [3.05, 3.63) is 65.7 Å². The first-order valence-electron chi connectivity index (χ1n) is 8.25. The number of carbonyl (C=O) groups is 2. The number of rotatable bonds is 9. The molecule has 6 nitrogen and oxygen atoms in total. The zero-order valence-electron chi connectivity index (χ0n) is 14.3. The molecule has 0 saturated carbocycles. The molecule has 1 N–H and O–H groups in total. The number of benzene rings is 2. The van der Waals surface area contributed by atoms with Gasteiger partial charge in [-0.05, 0) is 36.2 Å². The number of carboxylic acid groups (broad SMARTS) is 1. The first-order valence-corrected chi connectivity index (χ1v) is 8.25. The van der Waals surface area contributed by atoms with Crippen molar-refractivity contribution in [1.82, 2.24) is 4.90 Å². The van der Waals surface area contributed by atoms with Crippen LogP contribution in [0.5, 0.6) is 5.75 Å². The van der Waals surface area contributed by atoms with E-state index in [4.69, 9.17) is 15.1 Å². The van der Waals surface area contributed by atoms with Gasteiger partial charge >= 0.3 is 5.97 Å². The summed E-state index contributed by atoms with van der Waals surface area (Å²) in [7, 11) is 0. The monoisotopic (exact) mass is 352 g/mol. The lowest BCUT2D eigenvalue weighted by atomic mass is 10.2. The molecule has 0 aliphatic heterocycles. The molecule has 0 saturated heterocycles. The molecule has 134 valence electrons. The molecule has 26 heavy (non-hydrogen) atoms. The Kier molecular flexibility index (Phi) is 7.19. The van der Waals surface area contributed by atoms with E-state index in [2.05, 4.69) is 0 Å². The van der Waals surface area contributed by atoms with Crippen LogP contribution < -0.4 is 4.74 Å². The second kappa shape index (κ2) is 9.84. The highest BCUT2D eigenvalue weighted by atomic mass is 16.5. The van der Waals surface area contributed by atoms with Crippen LogP contribution in [0.1, 0.15) is 24.0 Å². The van der Waals surface area contributed by atoms with Crippen molar-refractivity contribution < 1.29 is 19.4 Å². The Morgan fingerprint density at radius 2 is 1.77 bits per heavy atom. The molecule has 6 heteroatoms. The molecular formula is C20H20N2O4. The van der Waals surface area contributed by atoms with Gasteiger partial charge in [-0.15, -0.1) is 0 Å². The number of carbonyl (C=O) groups excluding carboxylic acids is 1. The van der Waals surface area contributed by atoms with Gasteiger partial charge in [0.1, 0.15) is 5.75 Å². The zero-order valence-corrected chi connectivity index (χ0v) is 14.3. The van der Waals surface area contributed by atoms with Crippen LogP contribution in [0.3, 0.4) is 0 Å². The SMILES string of the molecule is N#Cc1ccc(OCC(=O)N(CCCC(=O)O)Cc2ccccc2)cc1. The molecule has 0 aliphatic rings. The number of hydrogen-bond donors (Lipinski definition) is 1. The quantitative estimate of drug-likeness (QED) is 0.749. The Labute approximate surface area is 152 Å². The van der Waals surface area contributed by atoms with Crippen LogP contribution in [0, 0.1) is 11.3 Å². The third-order valence-electron chi connectivity index (χ3n) is 3.73. The molecule has 0 fully saturated rings. The summed E-state index contributed by atoms with van der Waals surface area (Å²) >= 11 is 0. The minimum atomic E-state index is -0.883. The Morgan fingerprint density at radius 3 is 2.38 bits per heavy atom. The predicted octanol–water partition coefficient (Wildman–Crippen LogP) is 2.83. The van der Waals surface area contributed by atoms with Crippen LogP contribution in [0.4, 0.5) is 0 Å². The molecule has 2 rings (SSSR count). The minimum absolute atomic E-state index is 0.00898. The molecule has 0 aliphatic carbocycles. The maximum absolute atomic E-state index is 12.5. The maximum atomic E-state index is 12.5. The summed E-state index contributed by atoms with van der Waals surface area (Å²) in [6, 6.07) is 18.0. The highest BCUT2D eigenvalue weighted by Gasteiger charge is 2.15. The van der Waals surface area contributed by atoms with Gasteiger partial charge in [0.2, 0.25) is 0 Å². The van der Waals surface area contributed by atoms with E-state index in [0.717, 1.165) is 5.56 Å². The number of aliphatic carboxylic acids is 1. The summed E-state index contributed by atoms with van der Waals surface area (Å²) < 4.78 is 5.50. The fraction of sp³-hybridized carbons (Fsp3) is 0.250. The van der Waals surface area contributed by atoms with E-state index in [1.54, 1.807) is 29.2 Å². The van der Waals surface area contributed by atoms with E-state index in [1.807, 2.05) is 36.4 Å². The van der Waals surface area contributed by atoms with Crippen LogP contribution in [0.25, 0.3) is 0 Å². The number of nitriles is 1. The fourth-order valence-corrected chi connectivity index (χ4v) is 2.38. The Morgan fingerprint density at radius 1 is 1.08 bits per heavy atom. The van der Waals surface area contributed by atoms with Crippen molar-refractivity contribution in [1.29, 1.82) is 5.26 Å². The van der Waals surface area contributed by atoms with Crippen LogP contribution >= 0.6 is 0 Å². The molecule has 0 unspecified atom stereocenters. The van der Waals surface area contributed by atoms with Crippen molar-refractivity contribution >= 4 is 11.9 Å². The first-order chi connectivity index (χ1) is 12.6. The van der Waals surface area contributed by atoms with Crippen molar-refractivity contribution in [3.8, 4) is 11.8 Å². The number of carboxylic acids is 1. The summed E-state index contributed by atoms with van der Waals surface area (Å²) in [5.41, 5.74) is 1.48. The van der Waals surface area contributed by atoms with Crippen molar-refractivity contribution in [2.75, 3.05) is 13.2 Å².